The van der Waals surface area contributed by atoms with Gasteiger partial charge in [-0.1, -0.05) is 36.3 Å². The fourth-order valence-electron chi connectivity index (χ4n) is 6.30. The minimum absolute atomic E-state index is 0.0708. The van der Waals surface area contributed by atoms with Gasteiger partial charge in [-0.2, -0.15) is 0 Å². The Balaban J connectivity index is 1.40. The lowest BCUT2D eigenvalue weighted by atomic mass is 9.85. The van der Waals surface area contributed by atoms with Crippen molar-refractivity contribution < 1.29 is 18.8 Å². The van der Waals surface area contributed by atoms with E-state index in [0.717, 1.165) is 78.8 Å². The van der Waals surface area contributed by atoms with Crippen LogP contribution < -0.4 is 9.80 Å². The normalized spacial score (nSPS) is 23.7. The van der Waals surface area contributed by atoms with Crippen molar-refractivity contribution in [3.05, 3.63) is 41.5 Å². The Labute approximate surface area is 198 Å². The molecule has 1 spiro atoms. The van der Waals surface area contributed by atoms with Gasteiger partial charge in [0.1, 0.15) is 5.52 Å². The number of benzene rings is 2. The second-order valence-corrected chi connectivity index (χ2v) is 10.2. The molecule has 2 aromatic carbocycles. The Morgan fingerprint density at radius 3 is 2.53 bits per heavy atom. The van der Waals surface area contributed by atoms with Crippen LogP contribution in [0.25, 0.3) is 22.2 Å². The van der Waals surface area contributed by atoms with Gasteiger partial charge in [-0.15, -0.1) is 0 Å². The molecule has 3 saturated heterocycles. The zero-order chi connectivity index (χ0) is 22.9. The zero-order valence-electron chi connectivity index (χ0n) is 19.5. The first-order chi connectivity index (χ1) is 16.6. The van der Waals surface area contributed by atoms with Gasteiger partial charge in [0, 0.05) is 50.1 Å². The average molecular weight is 460 g/mol. The molecule has 0 amide bonds. The summed E-state index contributed by atoms with van der Waals surface area (Å²) in [6.07, 6.45) is 4.00. The third-order valence-electron chi connectivity index (χ3n) is 8.03. The van der Waals surface area contributed by atoms with Crippen molar-refractivity contribution in [3.8, 4) is 11.3 Å². The van der Waals surface area contributed by atoms with E-state index in [1.54, 1.807) is 0 Å². The van der Waals surface area contributed by atoms with Crippen LogP contribution in [-0.2, 0) is 9.47 Å². The van der Waals surface area contributed by atoms with Crippen LogP contribution in [-0.4, -0.2) is 56.1 Å². The summed E-state index contributed by atoms with van der Waals surface area (Å²) in [5.41, 5.74) is 5.13. The molecule has 3 fully saturated rings. The van der Waals surface area contributed by atoms with Crippen LogP contribution in [0.3, 0.4) is 0 Å². The lowest BCUT2D eigenvalue weighted by Gasteiger charge is -2.40. The van der Waals surface area contributed by atoms with Crippen molar-refractivity contribution in [2.24, 2.45) is 5.92 Å². The first-order valence-electron chi connectivity index (χ1n) is 12.5. The van der Waals surface area contributed by atoms with Crippen molar-refractivity contribution in [1.29, 1.82) is 0 Å². The van der Waals surface area contributed by atoms with E-state index in [1.165, 1.54) is 6.42 Å². The molecule has 0 saturated carbocycles. The zero-order valence-corrected chi connectivity index (χ0v) is 19.5. The van der Waals surface area contributed by atoms with Crippen LogP contribution in [0.4, 0.5) is 11.4 Å². The molecule has 7 heteroatoms. The highest BCUT2D eigenvalue weighted by atomic mass is 16.7. The van der Waals surface area contributed by atoms with Crippen molar-refractivity contribution in [2.75, 3.05) is 49.2 Å². The molecule has 0 radical (unpaired) electrons. The van der Waals surface area contributed by atoms with Crippen molar-refractivity contribution >= 4 is 28.1 Å². The van der Waals surface area contributed by atoms with E-state index in [4.69, 9.17) is 14.0 Å². The molecule has 4 heterocycles. The highest BCUT2D eigenvalue weighted by Crippen LogP contribution is 2.48. The second kappa shape index (κ2) is 7.55. The number of carbonyl (C=O) groups excluding carboxylic acids is 1. The van der Waals surface area contributed by atoms with Gasteiger partial charge in [-0.05, 0) is 24.8 Å². The number of fused-ring (bicyclic) bond motifs is 2. The van der Waals surface area contributed by atoms with Crippen LogP contribution in [0.1, 0.15) is 48.5 Å². The molecular weight excluding hydrogens is 430 g/mol. The summed E-state index contributed by atoms with van der Waals surface area (Å²) in [5, 5.41) is 5.40. The summed E-state index contributed by atoms with van der Waals surface area (Å²) < 4.78 is 17.9. The van der Waals surface area contributed by atoms with Crippen molar-refractivity contribution in [3.63, 3.8) is 0 Å². The van der Waals surface area contributed by atoms with Crippen LogP contribution in [0.15, 0.2) is 34.9 Å². The molecule has 1 atom stereocenters. The number of rotatable bonds is 2. The maximum Gasteiger partial charge on any atom is 0.196 e. The van der Waals surface area contributed by atoms with E-state index < -0.39 is 5.79 Å². The van der Waals surface area contributed by atoms with Gasteiger partial charge >= 0.3 is 0 Å². The van der Waals surface area contributed by atoms with Crippen LogP contribution in [0.2, 0.25) is 0 Å². The summed E-state index contributed by atoms with van der Waals surface area (Å²) in [4.78, 5) is 18.6. The third kappa shape index (κ3) is 2.96. The maximum absolute atomic E-state index is 13.9. The van der Waals surface area contributed by atoms with E-state index in [0.29, 0.717) is 30.5 Å². The molecule has 4 aliphatic rings. The Morgan fingerprint density at radius 1 is 1.00 bits per heavy atom. The average Bonchev–Trinajstić information content (AvgIpc) is 3.51. The SMILES string of the molecule is C[C@@H]1CCCN(c2cc(N3CCC4(CC3)OCCO4)c3noc4c3c2C(=O)c2ccccc2-4)C1. The monoisotopic (exact) mass is 459 g/mol. The van der Waals surface area contributed by atoms with Gasteiger partial charge in [0.25, 0.3) is 0 Å². The fraction of sp³-hybridized carbons (Fsp3) is 0.481. The summed E-state index contributed by atoms with van der Waals surface area (Å²) in [7, 11) is 0. The summed E-state index contributed by atoms with van der Waals surface area (Å²) in [6, 6.07) is 9.93. The third-order valence-corrected chi connectivity index (χ3v) is 8.03. The van der Waals surface area contributed by atoms with E-state index >= 15 is 0 Å². The number of aromatic nitrogens is 1. The molecular formula is C27H29N3O4. The number of hydrogen-bond donors (Lipinski definition) is 0. The van der Waals surface area contributed by atoms with E-state index in [9.17, 15) is 4.79 Å². The maximum atomic E-state index is 13.9. The largest absolute Gasteiger partial charge is 0.371 e. The minimum Gasteiger partial charge on any atom is -0.371 e. The molecule has 176 valence electrons. The molecule has 34 heavy (non-hydrogen) atoms. The minimum atomic E-state index is -0.435. The highest BCUT2D eigenvalue weighted by molar-refractivity contribution is 6.28. The van der Waals surface area contributed by atoms with E-state index in [2.05, 4.69) is 27.9 Å². The van der Waals surface area contributed by atoms with Gasteiger partial charge in [-0.25, -0.2) is 0 Å². The Bertz CT molecular complexity index is 1280. The molecule has 1 aliphatic carbocycles. The van der Waals surface area contributed by atoms with Gasteiger partial charge in [0.05, 0.1) is 35.5 Å². The summed E-state index contributed by atoms with van der Waals surface area (Å²) >= 11 is 0. The lowest BCUT2D eigenvalue weighted by Crippen LogP contribution is -2.45. The molecule has 0 bridgehead atoms. The van der Waals surface area contributed by atoms with Crippen molar-refractivity contribution in [2.45, 2.75) is 38.4 Å². The molecule has 0 unspecified atom stereocenters. The number of ether oxygens (including phenoxy) is 2. The van der Waals surface area contributed by atoms with Gasteiger partial charge in [-0.3, -0.25) is 4.79 Å². The number of hydrogen-bond acceptors (Lipinski definition) is 7. The smallest absolute Gasteiger partial charge is 0.196 e. The van der Waals surface area contributed by atoms with Crippen LogP contribution in [0, 0.1) is 5.92 Å². The number of nitrogens with zero attached hydrogens (tertiary/aromatic N) is 3. The molecule has 3 aliphatic heterocycles. The van der Waals surface area contributed by atoms with E-state index in [-0.39, 0.29) is 5.78 Å². The van der Waals surface area contributed by atoms with Crippen molar-refractivity contribution in [1.82, 2.24) is 5.16 Å². The Hall–Kier alpha value is -2.90. The second-order valence-electron chi connectivity index (χ2n) is 10.2. The molecule has 7 rings (SSSR count). The molecule has 0 N–H and O–H groups in total. The predicted molar refractivity (Wildman–Crippen MR) is 130 cm³/mol. The van der Waals surface area contributed by atoms with Gasteiger partial charge in [0.15, 0.2) is 17.3 Å². The summed E-state index contributed by atoms with van der Waals surface area (Å²) in [5.74, 6) is 0.945. The highest BCUT2D eigenvalue weighted by Gasteiger charge is 2.41. The first kappa shape index (κ1) is 20.5. The molecule has 1 aromatic heterocycles. The fourth-order valence-corrected chi connectivity index (χ4v) is 6.30. The van der Waals surface area contributed by atoms with Gasteiger partial charge in [0.2, 0.25) is 0 Å². The number of carbonyl (C=O) groups is 1. The predicted octanol–water partition coefficient (Wildman–Crippen LogP) is 4.62. The number of piperidine rings is 2. The Kier molecular flexibility index (Phi) is 4.55. The van der Waals surface area contributed by atoms with E-state index in [1.807, 2.05) is 24.3 Å². The van der Waals surface area contributed by atoms with Crippen LogP contribution >= 0.6 is 0 Å². The number of ketones is 1. The molecule has 7 nitrogen and oxygen atoms in total. The topological polar surface area (TPSA) is 68.0 Å². The van der Waals surface area contributed by atoms with Gasteiger partial charge < -0.3 is 23.8 Å². The summed E-state index contributed by atoms with van der Waals surface area (Å²) in [6.45, 7) is 7.19. The Morgan fingerprint density at radius 2 is 1.76 bits per heavy atom. The lowest BCUT2D eigenvalue weighted by molar-refractivity contribution is -0.169. The first-order valence-corrected chi connectivity index (χ1v) is 12.5. The van der Waals surface area contributed by atoms with Crippen LogP contribution in [0.5, 0.6) is 0 Å². The number of anilines is 2. The quantitative estimate of drug-likeness (QED) is 0.433. The molecule has 3 aromatic rings. The standard InChI is InChI=1S/C27H29N3O4/c1-17-5-4-10-30(16-17)20-15-21(29-11-8-27(9-12-29)32-13-14-33-27)24-23-22(20)25(31)18-6-2-3-7-19(18)26(23)34-28-24/h2-3,6-7,15,17H,4-5,8-14,16H2,1H3/t17-/m1/s1.